The van der Waals surface area contributed by atoms with E-state index in [-0.39, 0.29) is 17.9 Å². The highest BCUT2D eigenvalue weighted by Crippen LogP contribution is 2.19. The molecule has 0 aromatic rings. The fourth-order valence-electron chi connectivity index (χ4n) is 1.82. The lowest BCUT2D eigenvalue weighted by molar-refractivity contribution is -0.150. The number of likely N-dealkylation sites (tertiary alicyclic amines) is 1. The predicted octanol–water partition coefficient (Wildman–Crippen LogP) is 1.12. The largest absolute Gasteiger partial charge is 0.467 e. The van der Waals surface area contributed by atoms with Crippen LogP contribution in [0.1, 0.15) is 25.7 Å². The first-order valence-electron chi connectivity index (χ1n) is 5.19. The Bertz CT molecular complexity index is 263. The maximum absolute atomic E-state index is 11.7. The zero-order chi connectivity index (χ0) is 11.3. The highest BCUT2D eigenvalue weighted by atomic mass is 16.5. The van der Waals surface area contributed by atoms with Crippen molar-refractivity contribution in [1.29, 1.82) is 0 Å². The van der Waals surface area contributed by atoms with E-state index in [2.05, 4.69) is 11.3 Å². The second-order valence-electron chi connectivity index (χ2n) is 3.60. The summed E-state index contributed by atoms with van der Waals surface area (Å²) in [5, 5.41) is 0. The van der Waals surface area contributed by atoms with E-state index in [1.54, 1.807) is 11.0 Å². The van der Waals surface area contributed by atoms with Crippen molar-refractivity contribution in [3.05, 3.63) is 12.7 Å². The minimum atomic E-state index is -0.368. The molecule has 1 saturated heterocycles. The molecule has 1 heterocycles. The summed E-state index contributed by atoms with van der Waals surface area (Å²) in [5.41, 5.74) is 0. The Morgan fingerprint density at radius 3 is 2.93 bits per heavy atom. The molecule has 4 heteroatoms. The Kier molecular flexibility index (Phi) is 4.34. The van der Waals surface area contributed by atoms with E-state index in [9.17, 15) is 9.59 Å². The molecule has 0 aromatic heterocycles. The van der Waals surface area contributed by atoms with Crippen molar-refractivity contribution in [3.63, 3.8) is 0 Å². The first kappa shape index (κ1) is 11.8. The van der Waals surface area contributed by atoms with Crippen LogP contribution in [0.25, 0.3) is 0 Å². The minimum absolute atomic E-state index is 0.0165. The SMILES string of the molecule is C=CCCC(=O)N1CCCC1C(=O)OC. The lowest BCUT2D eigenvalue weighted by Gasteiger charge is -2.22. The maximum atomic E-state index is 11.7. The normalized spacial score (nSPS) is 20.1. The summed E-state index contributed by atoms with van der Waals surface area (Å²) in [7, 11) is 1.35. The maximum Gasteiger partial charge on any atom is 0.328 e. The highest BCUT2D eigenvalue weighted by Gasteiger charge is 2.34. The molecule has 0 N–H and O–H groups in total. The average Bonchev–Trinajstić information content (AvgIpc) is 2.73. The number of esters is 1. The molecule has 0 bridgehead atoms. The van der Waals surface area contributed by atoms with Gasteiger partial charge in [0.05, 0.1) is 7.11 Å². The number of methoxy groups -OCH3 is 1. The second-order valence-corrected chi connectivity index (χ2v) is 3.60. The van der Waals surface area contributed by atoms with E-state index in [1.165, 1.54) is 7.11 Å². The summed E-state index contributed by atoms with van der Waals surface area (Å²) in [5.74, 6) is -0.290. The van der Waals surface area contributed by atoms with Gasteiger partial charge in [-0.15, -0.1) is 6.58 Å². The van der Waals surface area contributed by atoms with Crippen LogP contribution in [0, 0.1) is 0 Å². The van der Waals surface area contributed by atoms with Crippen molar-refractivity contribution in [2.45, 2.75) is 31.7 Å². The molecule has 0 spiro atoms. The number of rotatable bonds is 4. The number of nitrogens with zero attached hydrogens (tertiary/aromatic N) is 1. The van der Waals surface area contributed by atoms with E-state index < -0.39 is 0 Å². The summed E-state index contributed by atoms with van der Waals surface area (Å²) in [6.45, 7) is 4.23. The van der Waals surface area contributed by atoms with Crippen molar-refractivity contribution in [2.75, 3.05) is 13.7 Å². The number of allylic oxidation sites excluding steroid dienone is 1. The van der Waals surface area contributed by atoms with Crippen LogP contribution < -0.4 is 0 Å². The van der Waals surface area contributed by atoms with Crippen molar-refractivity contribution < 1.29 is 14.3 Å². The molecule has 1 fully saturated rings. The molecule has 4 nitrogen and oxygen atoms in total. The molecule has 0 radical (unpaired) electrons. The zero-order valence-corrected chi connectivity index (χ0v) is 9.07. The van der Waals surface area contributed by atoms with Crippen LogP contribution in [0.3, 0.4) is 0 Å². The fraction of sp³-hybridized carbons (Fsp3) is 0.636. The van der Waals surface area contributed by atoms with Gasteiger partial charge in [-0.2, -0.15) is 0 Å². The molecular weight excluding hydrogens is 194 g/mol. The van der Waals surface area contributed by atoms with Gasteiger partial charge >= 0.3 is 5.97 Å². The number of ether oxygens (including phenoxy) is 1. The van der Waals surface area contributed by atoms with Crippen molar-refractivity contribution >= 4 is 11.9 Å². The van der Waals surface area contributed by atoms with Gasteiger partial charge in [0, 0.05) is 13.0 Å². The quantitative estimate of drug-likeness (QED) is 0.517. The topological polar surface area (TPSA) is 46.6 Å². The van der Waals surface area contributed by atoms with Crippen molar-refractivity contribution in [1.82, 2.24) is 4.90 Å². The van der Waals surface area contributed by atoms with Gasteiger partial charge in [0.2, 0.25) is 5.91 Å². The molecule has 1 aliphatic rings. The van der Waals surface area contributed by atoms with Crippen LogP contribution in [0.15, 0.2) is 12.7 Å². The molecule has 15 heavy (non-hydrogen) atoms. The standard InChI is InChI=1S/C11H17NO3/c1-3-4-7-10(13)12-8-5-6-9(12)11(14)15-2/h3,9H,1,4-8H2,2H3. The molecular formula is C11H17NO3. The van der Waals surface area contributed by atoms with Crippen LogP contribution >= 0.6 is 0 Å². The van der Waals surface area contributed by atoms with Crippen LogP contribution in [0.5, 0.6) is 0 Å². The Labute approximate surface area is 89.9 Å². The molecule has 1 amide bonds. The summed E-state index contributed by atoms with van der Waals surface area (Å²) in [6, 6.07) is -0.368. The molecule has 0 aliphatic carbocycles. The van der Waals surface area contributed by atoms with E-state index in [0.717, 1.165) is 6.42 Å². The number of hydrogen-bond acceptors (Lipinski definition) is 3. The van der Waals surface area contributed by atoms with Gasteiger partial charge in [-0.25, -0.2) is 4.79 Å². The summed E-state index contributed by atoms with van der Waals surface area (Å²) >= 11 is 0. The van der Waals surface area contributed by atoms with E-state index in [1.807, 2.05) is 0 Å². The van der Waals surface area contributed by atoms with E-state index in [4.69, 9.17) is 0 Å². The molecule has 1 atom stereocenters. The third kappa shape index (κ3) is 2.81. The molecule has 1 unspecified atom stereocenters. The van der Waals surface area contributed by atoms with Gasteiger partial charge < -0.3 is 9.64 Å². The molecule has 1 rings (SSSR count). The zero-order valence-electron chi connectivity index (χ0n) is 9.07. The summed E-state index contributed by atoms with van der Waals surface area (Å²) in [4.78, 5) is 24.7. The predicted molar refractivity (Wildman–Crippen MR) is 56.2 cm³/mol. The molecule has 0 aromatic carbocycles. The smallest absolute Gasteiger partial charge is 0.328 e. The van der Waals surface area contributed by atoms with Gasteiger partial charge in [-0.05, 0) is 19.3 Å². The fourth-order valence-corrected chi connectivity index (χ4v) is 1.82. The van der Waals surface area contributed by atoms with Crippen LogP contribution in [0.4, 0.5) is 0 Å². The van der Waals surface area contributed by atoms with Crippen molar-refractivity contribution in [3.8, 4) is 0 Å². The number of carbonyl (C=O) groups is 2. The lowest BCUT2D eigenvalue weighted by atomic mass is 10.2. The van der Waals surface area contributed by atoms with Gasteiger partial charge in [0.15, 0.2) is 0 Å². The van der Waals surface area contributed by atoms with Crippen LogP contribution in [0.2, 0.25) is 0 Å². The minimum Gasteiger partial charge on any atom is -0.467 e. The monoisotopic (exact) mass is 211 g/mol. The number of hydrogen-bond donors (Lipinski definition) is 0. The molecule has 0 saturated carbocycles. The molecule has 1 aliphatic heterocycles. The number of carbonyl (C=O) groups excluding carboxylic acids is 2. The first-order chi connectivity index (χ1) is 7.20. The summed E-state index contributed by atoms with van der Waals surface area (Å²) in [6.07, 6.45) is 4.38. The Hall–Kier alpha value is -1.32. The Balaban J connectivity index is 2.55. The van der Waals surface area contributed by atoms with Gasteiger partial charge in [-0.3, -0.25) is 4.79 Å². The Morgan fingerprint density at radius 1 is 1.60 bits per heavy atom. The third-order valence-electron chi connectivity index (χ3n) is 2.61. The van der Waals surface area contributed by atoms with Crippen LogP contribution in [-0.4, -0.2) is 36.5 Å². The van der Waals surface area contributed by atoms with E-state index >= 15 is 0 Å². The second kappa shape index (κ2) is 5.53. The summed E-state index contributed by atoms with van der Waals surface area (Å²) < 4.78 is 4.67. The van der Waals surface area contributed by atoms with Gasteiger partial charge in [-0.1, -0.05) is 6.08 Å². The van der Waals surface area contributed by atoms with E-state index in [0.29, 0.717) is 25.8 Å². The van der Waals surface area contributed by atoms with Gasteiger partial charge in [0.1, 0.15) is 6.04 Å². The number of amides is 1. The lowest BCUT2D eigenvalue weighted by Crippen LogP contribution is -2.40. The first-order valence-corrected chi connectivity index (χ1v) is 5.19. The van der Waals surface area contributed by atoms with Gasteiger partial charge in [0.25, 0.3) is 0 Å². The highest BCUT2D eigenvalue weighted by molar-refractivity contribution is 5.85. The van der Waals surface area contributed by atoms with Crippen LogP contribution in [-0.2, 0) is 14.3 Å². The average molecular weight is 211 g/mol. The molecule has 84 valence electrons. The Morgan fingerprint density at radius 2 is 2.33 bits per heavy atom. The third-order valence-corrected chi connectivity index (χ3v) is 2.61. The van der Waals surface area contributed by atoms with Crippen molar-refractivity contribution in [2.24, 2.45) is 0 Å².